The van der Waals surface area contributed by atoms with Crippen LogP contribution in [0.1, 0.15) is 18.3 Å². The Bertz CT molecular complexity index is 614. The Balaban J connectivity index is 1.85. The Kier molecular flexibility index (Phi) is 3.50. The second-order valence-electron chi connectivity index (χ2n) is 4.86. The number of H-pyrrole nitrogens is 1. The summed E-state index contributed by atoms with van der Waals surface area (Å²) in [4.78, 5) is 7.30. The van der Waals surface area contributed by atoms with Crippen molar-refractivity contribution >= 4 is 0 Å². The Morgan fingerprint density at radius 1 is 1.35 bits per heavy atom. The molecule has 0 radical (unpaired) electrons. The molecule has 0 spiro atoms. The average Bonchev–Trinajstić information content (AvgIpc) is 3.09. The fraction of sp³-hybridized carbons (Fsp3) is 0.357. The second-order valence-corrected chi connectivity index (χ2v) is 4.86. The number of rotatable bonds is 3. The van der Waals surface area contributed by atoms with Gasteiger partial charge in [-0.1, -0.05) is 0 Å². The first-order chi connectivity index (χ1) is 9.67. The summed E-state index contributed by atoms with van der Waals surface area (Å²) in [6.45, 7) is 0.755. The maximum absolute atomic E-state index is 13.7. The minimum Gasteiger partial charge on any atom is -0.380 e. The number of hydrogen-bond donors (Lipinski definition) is 2. The Hall–Kier alpha value is -1.79. The van der Waals surface area contributed by atoms with Crippen LogP contribution >= 0.6 is 0 Å². The molecule has 0 amide bonds. The molecule has 0 aliphatic carbocycles. The summed E-state index contributed by atoms with van der Waals surface area (Å²) in [6, 6.07) is 3.41. The largest absolute Gasteiger partial charge is 0.380 e. The van der Waals surface area contributed by atoms with Crippen LogP contribution in [0.25, 0.3) is 11.3 Å². The Morgan fingerprint density at radius 3 is 2.95 bits per heavy atom. The maximum atomic E-state index is 13.7. The molecule has 1 saturated heterocycles. The van der Waals surface area contributed by atoms with Gasteiger partial charge in [-0.2, -0.15) is 0 Å². The number of aromatic amines is 1. The molecule has 1 aromatic carbocycles. The van der Waals surface area contributed by atoms with Gasteiger partial charge in [0.15, 0.2) is 0 Å². The van der Waals surface area contributed by atoms with Crippen LogP contribution < -0.4 is 5.32 Å². The number of aromatic nitrogens is 2. The van der Waals surface area contributed by atoms with E-state index in [4.69, 9.17) is 4.74 Å². The molecular weight excluding hydrogens is 264 g/mol. The molecular formula is C14H15F2N3O. The molecule has 2 N–H and O–H groups in total. The van der Waals surface area contributed by atoms with Crippen molar-refractivity contribution in [3.8, 4) is 11.3 Å². The van der Waals surface area contributed by atoms with Crippen LogP contribution in [0.5, 0.6) is 0 Å². The summed E-state index contributed by atoms with van der Waals surface area (Å²) >= 11 is 0. The smallest absolute Gasteiger partial charge is 0.132 e. The zero-order valence-corrected chi connectivity index (χ0v) is 11.0. The zero-order valence-electron chi connectivity index (χ0n) is 11.0. The van der Waals surface area contributed by atoms with Crippen LogP contribution in [0, 0.1) is 11.6 Å². The van der Waals surface area contributed by atoms with Gasteiger partial charge in [-0.15, -0.1) is 0 Å². The third kappa shape index (κ3) is 2.44. The van der Waals surface area contributed by atoms with Crippen LogP contribution in [-0.4, -0.2) is 29.7 Å². The SMILES string of the molecule is COC1CNC(c2ncc(-c3cc(F)ccc3F)[nH]2)C1. The van der Waals surface area contributed by atoms with Gasteiger partial charge in [0.2, 0.25) is 0 Å². The van der Waals surface area contributed by atoms with Crippen molar-refractivity contribution in [1.29, 1.82) is 0 Å². The molecule has 0 saturated carbocycles. The van der Waals surface area contributed by atoms with Gasteiger partial charge in [-0.05, 0) is 24.6 Å². The number of hydrogen-bond acceptors (Lipinski definition) is 3. The van der Waals surface area contributed by atoms with E-state index in [2.05, 4.69) is 15.3 Å². The number of ether oxygens (including phenoxy) is 1. The van der Waals surface area contributed by atoms with Gasteiger partial charge in [0.25, 0.3) is 0 Å². The van der Waals surface area contributed by atoms with Gasteiger partial charge < -0.3 is 15.0 Å². The van der Waals surface area contributed by atoms with Crippen LogP contribution in [0.3, 0.4) is 0 Å². The first kappa shape index (κ1) is 13.2. The number of nitrogens with zero attached hydrogens (tertiary/aromatic N) is 1. The van der Waals surface area contributed by atoms with Crippen molar-refractivity contribution in [2.24, 2.45) is 0 Å². The molecule has 2 aromatic rings. The van der Waals surface area contributed by atoms with Gasteiger partial charge in [0, 0.05) is 19.2 Å². The van der Waals surface area contributed by atoms with E-state index in [1.165, 1.54) is 6.20 Å². The van der Waals surface area contributed by atoms with Crippen molar-refractivity contribution in [3.63, 3.8) is 0 Å². The van der Waals surface area contributed by atoms with E-state index in [1.54, 1.807) is 7.11 Å². The zero-order chi connectivity index (χ0) is 14.1. The average molecular weight is 279 g/mol. The molecule has 2 atom stereocenters. The summed E-state index contributed by atoms with van der Waals surface area (Å²) in [5, 5.41) is 3.28. The van der Waals surface area contributed by atoms with Crippen molar-refractivity contribution in [1.82, 2.24) is 15.3 Å². The van der Waals surface area contributed by atoms with Crippen molar-refractivity contribution in [2.75, 3.05) is 13.7 Å². The van der Waals surface area contributed by atoms with Crippen LogP contribution in [0.15, 0.2) is 24.4 Å². The second kappa shape index (κ2) is 5.30. The molecule has 6 heteroatoms. The molecule has 2 heterocycles. The maximum Gasteiger partial charge on any atom is 0.132 e. The fourth-order valence-corrected chi connectivity index (χ4v) is 2.45. The summed E-state index contributed by atoms with van der Waals surface area (Å²) in [6.07, 6.45) is 2.48. The fourth-order valence-electron chi connectivity index (χ4n) is 2.45. The number of methoxy groups -OCH3 is 1. The highest BCUT2D eigenvalue weighted by atomic mass is 19.1. The summed E-state index contributed by atoms with van der Waals surface area (Å²) in [7, 11) is 1.67. The van der Waals surface area contributed by atoms with E-state index < -0.39 is 11.6 Å². The normalized spacial score (nSPS) is 22.4. The molecule has 0 bridgehead atoms. The summed E-state index contributed by atoms with van der Waals surface area (Å²) < 4.78 is 32.2. The van der Waals surface area contributed by atoms with Crippen LogP contribution in [0.4, 0.5) is 8.78 Å². The minimum absolute atomic E-state index is 0.0466. The molecule has 4 nitrogen and oxygen atoms in total. The van der Waals surface area contributed by atoms with Crippen molar-refractivity contribution in [2.45, 2.75) is 18.6 Å². The van der Waals surface area contributed by atoms with Gasteiger partial charge in [0.05, 0.1) is 24.0 Å². The van der Waals surface area contributed by atoms with Gasteiger partial charge >= 0.3 is 0 Å². The lowest BCUT2D eigenvalue weighted by Crippen LogP contribution is -2.16. The monoisotopic (exact) mass is 279 g/mol. The lowest BCUT2D eigenvalue weighted by Gasteiger charge is -2.07. The van der Waals surface area contributed by atoms with E-state index in [-0.39, 0.29) is 17.7 Å². The Morgan fingerprint density at radius 2 is 2.20 bits per heavy atom. The van der Waals surface area contributed by atoms with Gasteiger partial charge in [0.1, 0.15) is 17.5 Å². The lowest BCUT2D eigenvalue weighted by molar-refractivity contribution is 0.117. The number of imidazole rings is 1. The first-order valence-electron chi connectivity index (χ1n) is 6.44. The number of halogens is 2. The molecule has 1 aromatic heterocycles. The first-order valence-corrected chi connectivity index (χ1v) is 6.44. The molecule has 1 aliphatic heterocycles. The molecule has 106 valence electrons. The highest BCUT2D eigenvalue weighted by molar-refractivity contribution is 5.59. The predicted molar refractivity (Wildman–Crippen MR) is 70.1 cm³/mol. The third-order valence-electron chi connectivity index (χ3n) is 3.57. The highest BCUT2D eigenvalue weighted by Crippen LogP contribution is 2.27. The Labute approximate surface area is 115 Å². The van der Waals surface area contributed by atoms with Crippen molar-refractivity contribution in [3.05, 3.63) is 41.9 Å². The molecule has 20 heavy (non-hydrogen) atoms. The molecule has 2 unspecified atom stereocenters. The standard InChI is InChI=1S/C14H15F2N3O/c1-20-9-5-12(17-6-9)14-18-7-13(19-14)10-4-8(15)2-3-11(10)16/h2-4,7,9,12,17H,5-6H2,1H3,(H,18,19). The molecule has 1 aliphatic rings. The van der Waals surface area contributed by atoms with Gasteiger partial charge in [-0.3, -0.25) is 0 Å². The number of benzene rings is 1. The van der Waals surface area contributed by atoms with Gasteiger partial charge in [-0.25, -0.2) is 13.8 Å². The summed E-state index contributed by atoms with van der Waals surface area (Å²) in [5.41, 5.74) is 0.657. The molecule has 1 fully saturated rings. The summed E-state index contributed by atoms with van der Waals surface area (Å²) in [5.74, 6) is -0.241. The molecule has 3 rings (SSSR count). The minimum atomic E-state index is -0.476. The van der Waals surface area contributed by atoms with E-state index >= 15 is 0 Å². The highest BCUT2D eigenvalue weighted by Gasteiger charge is 2.27. The predicted octanol–water partition coefficient (Wildman–Crippen LogP) is 2.40. The van der Waals surface area contributed by atoms with E-state index in [0.717, 1.165) is 31.2 Å². The lowest BCUT2D eigenvalue weighted by atomic mass is 10.1. The van der Waals surface area contributed by atoms with Crippen molar-refractivity contribution < 1.29 is 13.5 Å². The van der Waals surface area contributed by atoms with E-state index in [0.29, 0.717) is 11.5 Å². The quantitative estimate of drug-likeness (QED) is 0.907. The van der Waals surface area contributed by atoms with E-state index in [9.17, 15) is 8.78 Å². The third-order valence-corrected chi connectivity index (χ3v) is 3.57. The van der Waals surface area contributed by atoms with Crippen LogP contribution in [-0.2, 0) is 4.74 Å². The van der Waals surface area contributed by atoms with Crippen LogP contribution in [0.2, 0.25) is 0 Å². The number of nitrogens with one attached hydrogen (secondary N) is 2. The topological polar surface area (TPSA) is 49.9 Å². The van der Waals surface area contributed by atoms with E-state index in [1.807, 2.05) is 0 Å².